The lowest BCUT2D eigenvalue weighted by Gasteiger charge is -2.22. The quantitative estimate of drug-likeness (QED) is 0.748. The topological polar surface area (TPSA) is 88.4 Å². The third-order valence-corrected chi connectivity index (χ3v) is 3.83. The molecule has 0 aliphatic carbocycles. The first-order valence-corrected chi connectivity index (χ1v) is 7.59. The van der Waals surface area contributed by atoms with E-state index in [4.69, 9.17) is 4.74 Å². The van der Waals surface area contributed by atoms with Crippen LogP contribution in [-0.2, 0) is 17.8 Å². The van der Waals surface area contributed by atoms with E-state index in [9.17, 15) is 9.90 Å². The summed E-state index contributed by atoms with van der Waals surface area (Å²) in [5.74, 6) is 0. The number of hydrogen-bond acceptors (Lipinski definition) is 5. The summed E-state index contributed by atoms with van der Waals surface area (Å²) in [7, 11) is 0. The average Bonchev–Trinajstić information content (AvgIpc) is 3.19. The maximum Gasteiger partial charge on any atom is 0.407 e. The number of aromatic nitrogens is 2. The molecule has 1 aromatic heterocycles. The number of benzene rings is 1. The zero-order valence-corrected chi connectivity index (χ0v) is 12.6. The SMILES string of the molecule is O=C(NCc1ccccc1)O[C@@H]1[C@@H](O)CN[C@@H]1Cn1cccn1. The third kappa shape index (κ3) is 4.08. The Hall–Kier alpha value is -2.38. The molecular formula is C16H20N4O3. The first-order chi connectivity index (χ1) is 11.2. The highest BCUT2D eigenvalue weighted by Crippen LogP contribution is 2.14. The smallest absolute Gasteiger partial charge is 0.407 e. The largest absolute Gasteiger partial charge is 0.442 e. The van der Waals surface area contributed by atoms with Crippen LogP contribution in [0.15, 0.2) is 48.8 Å². The Morgan fingerprint density at radius 3 is 2.96 bits per heavy atom. The van der Waals surface area contributed by atoms with Gasteiger partial charge in [-0.15, -0.1) is 0 Å². The van der Waals surface area contributed by atoms with E-state index in [1.54, 1.807) is 10.9 Å². The third-order valence-electron chi connectivity index (χ3n) is 3.83. The molecule has 2 aromatic rings. The molecule has 0 bridgehead atoms. The number of rotatable bonds is 5. The summed E-state index contributed by atoms with van der Waals surface area (Å²) >= 11 is 0. The predicted octanol–water partition coefficient (Wildman–Crippen LogP) is 0.511. The minimum Gasteiger partial charge on any atom is -0.442 e. The van der Waals surface area contributed by atoms with Crippen molar-refractivity contribution in [3.05, 3.63) is 54.4 Å². The van der Waals surface area contributed by atoms with Crippen molar-refractivity contribution in [2.24, 2.45) is 0 Å². The second-order valence-electron chi connectivity index (χ2n) is 5.52. The van der Waals surface area contributed by atoms with Gasteiger partial charge >= 0.3 is 6.09 Å². The summed E-state index contributed by atoms with van der Waals surface area (Å²) in [5, 5.41) is 20.0. The molecule has 1 saturated heterocycles. The molecule has 3 rings (SSSR count). The van der Waals surface area contributed by atoms with Crippen molar-refractivity contribution in [2.45, 2.75) is 31.3 Å². The number of nitrogens with one attached hydrogen (secondary N) is 2. The molecule has 0 unspecified atom stereocenters. The van der Waals surface area contributed by atoms with Gasteiger partial charge in [-0.2, -0.15) is 5.10 Å². The number of hydrogen-bond donors (Lipinski definition) is 3. The number of aliphatic hydroxyl groups excluding tert-OH is 1. The predicted molar refractivity (Wildman–Crippen MR) is 83.6 cm³/mol. The molecule has 2 heterocycles. The van der Waals surface area contributed by atoms with Gasteiger partial charge in [-0.1, -0.05) is 30.3 Å². The first kappa shape index (κ1) is 15.5. The van der Waals surface area contributed by atoms with E-state index in [-0.39, 0.29) is 6.04 Å². The lowest BCUT2D eigenvalue weighted by Crippen LogP contribution is -2.42. The highest BCUT2D eigenvalue weighted by atomic mass is 16.6. The van der Waals surface area contributed by atoms with E-state index < -0.39 is 18.3 Å². The zero-order valence-electron chi connectivity index (χ0n) is 12.6. The Labute approximate surface area is 134 Å². The van der Waals surface area contributed by atoms with Crippen molar-refractivity contribution in [3.8, 4) is 0 Å². The van der Waals surface area contributed by atoms with Gasteiger partial charge in [0, 0.05) is 25.5 Å². The van der Waals surface area contributed by atoms with Gasteiger partial charge in [0.05, 0.1) is 12.6 Å². The maximum absolute atomic E-state index is 12.0. The van der Waals surface area contributed by atoms with Crippen molar-refractivity contribution in [1.29, 1.82) is 0 Å². The van der Waals surface area contributed by atoms with E-state index >= 15 is 0 Å². The van der Waals surface area contributed by atoms with Crippen molar-refractivity contribution >= 4 is 6.09 Å². The average molecular weight is 316 g/mol. The second-order valence-corrected chi connectivity index (χ2v) is 5.52. The highest BCUT2D eigenvalue weighted by molar-refractivity contribution is 5.67. The highest BCUT2D eigenvalue weighted by Gasteiger charge is 2.38. The van der Waals surface area contributed by atoms with E-state index in [1.165, 1.54) is 0 Å². The van der Waals surface area contributed by atoms with Gasteiger partial charge in [0.25, 0.3) is 0 Å². The number of amides is 1. The fourth-order valence-electron chi connectivity index (χ4n) is 2.65. The summed E-state index contributed by atoms with van der Waals surface area (Å²) in [6.07, 6.45) is 1.66. The van der Waals surface area contributed by atoms with E-state index in [0.29, 0.717) is 19.6 Å². The fraction of sp³-hybridized carbons (Fsp3) is 0.375. The summed E-state index contributed by atoms with van der Waals surface area (Å²) in [6.45, 7) is 1.31. The van der Waals surface area contributed by atoms with Crippen LogP contribution < -0.4 is 10.6 Å². The second kappa shape index (κ2) is 7.26. The van der Waals surface area contributed by atoms with Crippen LogP contribution in [0.3, 0.4) is 0 Å². The molecular weight excluding hydrogens is 296 g/mol. The molecule has 0 saturated carbocycles. The standard InChI is InChI=1S/C16H20N4O3/c21-14-10-17-13(11-20-8-4-7-19-20)15(14)23-16(22)18-9-12-5-2-1-3-6-12/h1-8,13-15,17,21H,9-11H2,(H,18,22)/t13-,14+,15+/m1/s1. The van der Waals surface area contributed by atoms with E-state index in [2.05, 4.69) is 15.7 Å². The van der Waals surface area contributed by atoms with Crippen molar-refractivity contribution in [1.82, 2.24) is 20.4 Å². The number of β-amino-alcohol motifs (C(OH)–C–C–N with tert-alkyl or cyclic N) is 1. The molecule has 1 aliphatic rings. The minimum absolute atomic E-state index is 0.174. The molecule has 122 valence electrons. The molecule has 23 heavy (non-hydrogen) atoms. The maximum atomic E-state index is 12.0. The summed E-state index contributed by atoms with van der Waals surface area (Å²) in [6, 6.07) is 11.2. The lowest BCUT2D eigenvalue weighted by atomic mass is 10.1. The number of alkyl carbamates (subject to hydrolysis) is 1. The Bertz CT molecular complexity index is 618. The van der Waals surface area contributed by atoms with Gasteiger partial charge in [0.2, 0.25) is 0 Å². The number of carbonyl (C=O) groups is 1. The van der Waals surface area contributed by atoms with Crippen molar-refractivity contribution in [3.63, 3.8) is 0 Å². The molecule has 1 amide bonds. The van der Waals surface area contributed by atoms with Crippen LogP contribution in [0.25, 0.3) is 0 Å². The molecule has 7 nitrogen and oxygen atoms in total. The molecule has 0 radical (unpaired) electrons. The molecule has 0 spiro atoms. The van der Waals surface area contributed by atoms with Crippen molar-refractivity contribution in [2.75, 3.05) is 6.54 Å². The number of nitrogens with zero attached hydrogens (tertiary/aromatic N) is 2. The lowest BCUT2D eigenvalue weighted by molar-refractivity contribution is 0.0159. The van der Waals surface area contributed by atoms with Crippen molar-refractivity contribution < 1.29 is 14.6 Å². The van der Waals surface area contributed by atoms with Gasteiger partial charge in [-0.05, 0) is 11.6 Å². The number of carbonyl (C=O) groups excluding carboxylic acids is 1. The number of aliphatic hydroxyl groups is 1. The summed E-state index contributed by atoms with van der Waals surface area (Å²) in [5.41, 5.74) is 0.989. The molecule has 3 N–H and O–H groups in total. The molecule has 1 aliphatic heterocycles. The van der Waals surface area contributed by atoms with Gasteiger partial charge in [-0.3, -0.25) is 4.68 Å². The Kier molecular flexibility index (Phi) is 4.89. The van der Waals surface area contributed by atoms with Crippen LogP contribution in [0, 0.1) is 0 Å². The molecule has 7 heteroatoms. The Morgan fingerprint density at radius 2 is 2.22 bits per heavy atom. The number of ether oxygens (including phenoxy) is 1. The van der Waals surface area contributed by atoms with E-state index in [1.807, 2.05) is 42.6 Å². The molecule has 3 atom stereocenters. The van der Waals surface area contributed by atoms with Gasteiger partial charge in [0.1, 0.15) is 12.2 Å². The summed E-state index contributed by atoms with van der Waals surface area (Å²) in [4.78, 5) is 12.0. The fourth-order valence-corrected chi connectivity index (χ4v) is 2.65. The normalized spacial score (nSPS) is 23.6. The molecule has 1 aromatic carbocycles. The Balaban J connectivity index is 1.53. The van der Waals surface area contributed by atoms with Crippen LogP contribution in [0.4, 0.5) is 4.79 Å². The van der Waals surface area contributed by atoms with Gasteiger partial charge in [-0.25, -0.2) is 4.79 Å². The Morgan fingerprint density at radius 1 is 1.39 bits per heavy atom. The van der Waals surface area contributed by atoms with Crippen LogP contribution in [0.1, 0.15) is 5.56 Å². The monoisotopic (exact) mass is 316 g/mol. The van der Waals surface area contributed by atoms with E-state index in [0.717, 1.165) is 5.56 Å². The van der Waals surface area contributed by atoms with Crippen LogP contribution >= 0.6 is 0 Å². The summed E-state index contributed by atoms with van der Waals surface area (Å²) < 4.78 is 7.15. The van der Waals surface area contributed by atoms with Gasteiger partial charge in [0.15, 0.2) is 0 Å². The van der Waals surface area contributed by atoms with Crippen LogP contribution in [-0.4, -0.2) is 45.8 Å². The minimum atomic E-state index is -0.724. The van der Waals surface area contributed by atoms with Gasteiger partial charge < -0.3 is 20.5 Å². The van der Waals surface area contributed by atoms with Crippen LogP contribution in [0.5, 0.6) is 0 Å². The zero-order chi connectivity index (χ0) is 16.1. The first-order valence-electron chi connectivity index (χ1n) is 7.59. The van der Waals surface area contributed by atoms with Crippen LogP contribution in [0.2, 0.25) is 0 Å². The molecule has 1 fully saturated rings.